The van der Waals surface area contributed by atoms with E-state index in [2.05, 4.69) is 5.32 Å². The van der Waals surface area contributed by atoms with Crippen LogP contribution in [-0.2, 0) is 22.4 Å². The minimum Gasteiger partial charge on any atom is -0.481 e. The Morgan fingerprint density at radius 2 is 2.04 bits per heavy atom. The van der Waals surface area contributed by atoms with E-state index in [1.165, 1.54) is 21.1 Å². The average Bonchev–Trinajstić information content (AvgIpc) is 3.17. The van der Waals surface area contributed by atoms with Crippen LogP contribution in [0.5, 0.6) is 0 Å². The number of nitrogens with zero attached hydrogens (tertiary/aromatic N) is 1. The van der Waals surface area contributed by atoms with Crippen molar-refractivity contribution in [1.82, 2.24) is 4.90 Å². The Morgan fingerprint density at radius 3 is 2.70 bits per heavy atom. The topological polar surface area (TPSA) is 86.7 Å². The summed E-state index contributed by atoms with van der Waals surface area (Å²) in [5, 5.41) is 12.3. The maximum absolute atomic E-state index is 12.8. The number of aryl methyl sites for hydroxylation is 1. The molecule has 0 radical (unpaired) electrons. The number of carboxylic acids is 1. The number of carbonyl (C=O) groups excluding carboxylic acids is 2. The van der Waals surface area contributed by atoms with Crippen LogP contribution < -0.4 is 5.32 Å². The number of carboxylic acid groups (broad SMARTS) is 1. The van der Waals surface area contributed by atoms with Crippen LogP contribution in [0.25, 0.3) is 0 Å². The molecule has 2 aliphatic rings. The van der Waals surface area contributed by atoms with Gasteiger partial charge in [-0.15, -0.1) is 11.3 Å². The molecule has 2 N–H and O–H groups in total. The first-order valence-corrected chi connectivity index (χ1v) is 8.71. The minimum atomic E-state index is -0.928. The molecule has 0 bridgehead atoms. The van der Waals surface area contributed by atoms with Gasteiger partial charge in [0, 0.05) is 24.4 Å². The zero-order chi connectivity index (χ0) is 16.6. The molecule has 0 spiro atoms. The van der Waals surface area contributed by atoms with Gasteiger partial charge in [-0.1, -0.05) is 0 Å². The maximum atomic E-state index is 12.8. The summed E-state index contributed by atoms with van der Waals surface area (Å²) in [7, 11) is 1.61. The van der Waals surface area contributed by atoms with Gasteiger partial charge in [0.15, 0.2) is 0 Å². The van der Waals surface area contributed by atoms with E-state index in [0.29, 0.717) is 10.6 Å². The number of anilines is 1. The van der Waals surface area contributed by atoms with Crippen molar-refractivity contribution in [1.29, 1.82) is 0 Å². The van der Waals surface area contributed by atoms with Gasteiger partial charge in [0.05, 0.1) is 12.0 Å². The smallest absolute Gasteiger partial charge is 0.305 e. The summed E-state index contributed by atoms with van der Waals surface area (Å²) in [5.74, 6) is -1.05. The highest BCUT2D eigenvalue weighted by Crippen LogP contribution is 2.41. The van der Waals surface area contributed by atoms with E-state index in [-0.39, 0.29) is 30.7 Å². The van der Waals surface area contributed by atoms with Crippen LogP contribution in [-0.4, -0.2) is 41.4 Å². The number of carbonyl (C=O) groups is 3. The third kappa shape index (κ3) is 3.39. The van der Waals surface area contributed by atoms with Gasteiger partial charge >= 0.3 is 5.97 Å². The molecule has 0 aromatic carbocycles. The van der Waals surface area contributed by atoms with E-state index in [0.717, 1.165) is 37.7 Å². The Bertz CT molecular complexity index is 663. The van der Waals surface area contributed by atoms with Crippen LogP contribution in [0.2, 0.25) is 0 Å². The molecule has 1 aromatic rings. The zero-order valence-corrected chi connectivity index (χ0v) is 13.9. The van der Waals surface area contributed by atoms with Crippen molar-refractivity contribution in [3.63, 3.8) is 0 Å². The fourth-order valence-electron chi connectivity index (χ4n) is 2.83. The normalized spacial score (nSPS) is 16.0. The van der Waals surface area contributed by atoms with E-state index < -0.39 is 5.97 Å². The van der Waals surface area contributed by atoms with Crippen LogP contribution in [0.1, 0.15) is 46.5 Å². The second-order valence-electron chi connectivity index (χ2n) is 6.20. The molecule has 124 valence electrons. The molecule has 0 atom stereocenters. The number of amides is 2. The predicted molar refractivity (Wildman–Crippen MR) is 86.9 cm³/mol. The highest BCUT2D eigenvalue weighted by molar-refractivity contribution is 7.17. The number of rotatable bonds is 6. The van der Waals surface area contributed by atoms with Gasteiger partial charge in [0.1, 0.15) is 5.00 Å². The van der Waals surface area contributed by atoms with E-state index >= 15 is 0 Å². The number of nitrogens with one attached hydrogen (secondary N) is 1. The maximum Gasteiger partial charge on any atom is 0.305 e. The lowest BCUT2D eigenvalue weighted by molar-refractivity contribution is -0.137. The average molecular weight is 336 g/mol. The highest BCUT2D eigenvalue weighted by Gasteiger charge is 2.33. The fraction of sp³-hybridized carbons (Fsp3) is 0.562. The summed E-state index contributed by atoms with van der Waals surface area (Å²) in [6.45, 7) is 0.162. The van der Waals surface area contributed by atoms with Crippen molar-refractivity contribution < 1.29 is 19.5 Å². The number of aliphatic carboxylic acids is 1. The van der Waals surface area contributed by atoms with Crippen LogP contribution in [0.4, 0.5) is 5.00 Å². The summed E-state index contributed by atoms with van der Waals surface area (Å²) in [6.07, 6.45) is 4.56. The largest absolute Gasteiger partial charge is 0.481 e. The highest BCUT2D eigenvalue weighted by atomic mass is 32.1. The molecule has 3 rings (SSSR count). The van der Waals surface area contributed by atoms with Gasteiger partial charge in [-0.3, -0.25) is 14.4 Å². The minimum absolute atomic E-state index is 0.00726. The van der Waals surface area contributed by atoms with Crippen LogP contribution >= 0.6 is 11.3 Å². The van der Waals surface area contributed by atoms with Crippen molar-refractivity contribution in [3.05, 3.63) is 16.0 Å². The summed E-state index contributed by atoms with van der Waals surface area (Å²) in [5.41, 5.74) is 1.61. The van der Waals surface area contributed by atoms with E-state index in [1.807, 2.05) is 0 Å². The van der Waals surface area contributed by atoms with Crippen LogP contribution in [0.3, 0.4) is 0 Å². The molecule has 7 heteroatoms. The van der Waals surface area contributed by atoms with Crippen molar-refractivity contribution >= 4 is 34.1 Å². The molecule has 2 amide bonds. The van der Waals surface area contributed by atoms with E-state index in [1.54, 1.807) is 7.05 Å². The Kier molecular flexibility index (Phi) is 4.39. The Hall–Kier alpha value is -1.89. The first kappa shape index (κ1) is 16.0. The summed E-state index contributed by atoms with van der Waals surface area (Å²) < 4.78 is 0. The molecule has 0 unspecified atom stereocenters. The molecule has 0 aliphatic heterocycles. The van der Waals surface area contributed by atoms with Crippen molar-refractivity contribution in [3.8, 4) is 0 Å². The Balaban J connectivity index is 1.82. The number of fused-ring (bicyclic) bond motifs is 1. The Labute approximate surface area is 138 Å². The lowest BCUT2D eigenvalue weighted by Gasteiger charge is -2.17. The monoisotopic (exact) mass is 336 g/mol. The second-order valence-corrected chi connectivity index (χ2v) is 7.30. The third-order valence-corrected chi connectivity index (χ3v) is 5.54. The van der Waals surface area contributed by atoms with Crippen molar-refractivity contribution in [2.45, 2.75) is 38.5 Å². The molecular formula is C16H20N2O4S. The molecule has 23 heavy (non-hydrogen) atoms. The van der Waals surface area contributed by atoms with Gasteiger partial charge in [0.25, 0.3) is 5.91 Å². The standard InChI is InChI=1S/C16H20N2O4S/c1-18(8-7-12(19)20)16(22)13-10-3-2-4-11(10)23-15(13)17-14(21)9-5-6-9/h9H,2-8H2,1H3,(H,17,21)(H,19,20). The SMILES string of the molecule is CN(CCC(=O)O)C(=O)c1c(NC(=O)C2CC2)sc2c1CCC2. The molecule has 2 aliphatic carbocycles. The summed E-state index contributed by atoms with van der Waals surface area (Å²) >= 11 is 1.50. The second kappa shape index (κ2) is 6.31. The Morgan fingerprint density at radius 1 is 1.30 bits per heavy atom. The lowest BCUT2D eigenvalue weighted by atomic mass is 10.1. The molecule has 1 heterocycles. The molecular weight excluding hydrogens is 316 g/mol. The van der Waals surface area contributed by atoms with E-state index in [9.17, 15) is 14.4 Å². The number of hydrogen-bond acceptors (Lipinski definition) is 4. The molecule has 1 aromatic heterocycles. The van der Waals surface area contributed by atoms with Crippen LogP contribution in [0, 0.1) is 5.92 Å². The number of hydrogen-bond donors (Lipinski definition) is 2. The lowest BCUT2D eigenvalue weighted by Crippen LogP contribution is -2.30. The van der Waals surface area contributed by atoms with E-state index in [4.69, 9.17) is 5.11 Å². The molecule has 1 saturated carbocycles. The van der Waals surface area contributed by atoms with Crippen LogP contribution in [0.15, 0.2) is 0 Å². The third-order valence-electron chi connectivity index (χ3n) is 4.33. The molecule has 1 fully saturated rings. The first-order valence-electron chi connectivity index (χ1n) is 7.90. The van der Waals surface area contributed by atoms with Gasteiger partial charge in [-0.05, 0) is 37.7 Å². The van der Waals surface area contributed by atoms with Gasteiger partial charge in [-0.25, -0.2) is 0 Å². The van der Waals surface area contributed by atoms with Gasteiger partial charge < -0.3 is 15.3 Å². The molecule has 6 nitrogen and oxygen atoms in total. The zero-order valence-electron chi connectivity index (χ0n) is 13.1. The summed E-state index contributed by atoms with van der Waals surface area (Å²) in [6, 6.07) is 0. The predicted octanol–water partition coefficient (Wildman–Crippen LogP) is 2.13. The quantitative estimate of drug-likeness (QED) is 0.833. The first-order chi connectivity index (χ1) is 11.0. The number of thiophene rings is 1. The fourth-order valence-corrected chi connectivity index (χ4v) is 4.12. The van der Waals surface area contributed by atoms with Crippen molar-refractivity contribution in [2.75, 3.05) is 18.9 Å². The summed E-state index contributed by atoms with van der Waals surface area (Å²) in [4.78, 5) is 38.1. The van der Waals surface area contributed by atoms with Gasteiger partial charge in [0.2, 0.25) is 5.91 Å². The van der Waals surface area contributed by atoms with Crippen molar-refractivity contribution in [2.24, 2.45) is 5.92 Å². The molecule has 0 saturated heterocycles. The van der Waals surface area contributed by atoms with Gasteiger partial charge in [-0.2, -0.15) is 0 Å².